The first-order valence-electron chi connectivity index (χ1n) is 6.56. The molecule has 0 aromatic heterocycles. The highest BCUT2D eigenvalue weighted by molar-refractivity contribution is 5.79. The lowest BCUT2D eigenvalue weighted by atomic mass is 10.0. The van der Waals surface area contributed by atoms with E-state index in [0.717, 1.165) is 5.69 Å². The second kappa shape index (κ2) is 8.97. The van der Waals surface area contributed by atoms with Crippen LogP contribution in [0.1, 0.15) is 12.8 Å². The molecule has 0 aliphatic rings. The lowest BCUT2D eigenvalue weighted by molar-refractivity contribution is -0.124. The molecule has 102 valence electrons. The Morgan fingerprint density at radius 1 is 1.11 bits per heavy atom. The zero-order valence-corrected chi connectivity index (χ0v) is 11.3. The van der Waals surface area contributed by atoms with Gasteiger partial charge in [0.25, 0.3) is 0 Å². The van der Waals surface area contributed by atoms with Crippen LogP contribution in [0.2, 0.25) is 0 Å². The van der Waals surface area contributed by atoms with Crippen molar-refractivity contribution in [1.29, 1.82) is 0 Å². The number of benzene rings is 1. The molecule has 0 aliphatic heterocycles. The summed E-state index contributed by atoms with van der Waals surface area (Å²) in [5, 5.41) is 6.17. The van der Waals surface area contributed by atoms with Gasteiger partial charge in [0.05, 0.1) is 0 Å². The summed E-state index contributed by atoms with van der Waals surface area (Å²) in [6.45, 7) is 8.67. The molecule has 0 atom stereocenters. The zero-order valence-electron chi connectivity index (χ0n) is 11.3. The minimum Gasteiger partial charge on any atom is -0.383 e. The molecule has 0 saturated heterocycles. The smallest absolute Gasteiger partial charge is 0.223 e. The van der Waals surface area contributed by atoms with Crippen LogP contribution >= 0.6 is 0 Å². The van der Waals surface area contributed by atoms with Gasteiger partial charge < -0.3 is 10.6 Å². The summed E-state index contributed by atoms with van der Waals surface area (Å²) in [5.41, 5.74) is 1.06. The quantitative estimate of drug-likeness (QED) is 0.528. The zero-order chi connectivity index (χ0) is 13.9. The molecular formula is C16H22N2O. The third kappa shape index (κ3) is 5.91. The van der Waals surface area contributed by atoms with Crippen molar-refractivity contribution >= 4 is 11.6 Å². The first-order valence-corrected chi connectivity index (χ1v) is 6.56. The Kier molecular flexibility index (Phi) is 7.10. The van der Waals surface area contributed by atoms with Crippen molar-refractivity contribution in [2.24, 2.45) is 5.92 Å². The van der Waals surface area contributed by atoms with Crippen LogP contribution in [0.25, 0.3) is 0 Å². The summed E-state index contributed by atoms with van der Waals surface area (Å²) in [6.07, 6.45) is 4.92. The molecule has 0 unspecified atom stereocenters. The second-order valence-electron chi connectivity index (χ2n) is 4.33. The monoisotopic (exact) mass is 258 g/mol. The largest absolute Gasteiger partial charge is 0.383 e. The molecule has 0 radical (unpaired) electrons. The standard InChI is InChI=1S/C16H22N2O/c1-3-8-14(9-4-2)16(19)18-13-12-17-15-10-6-5-7-11-15/h3-7,10-11,14,17H,1-2,8-9,12-13H2,(H,18,19). The van der Waals surface area contributed by atoms with Gasteiger partial charge in [0.15, 0.2) is 0 Å². The van der Waals surface area contributed by atoms with Crippen LogP contribution in [0.15, 0.2) is 55.6 Å². The Bertz CT molecular complexity index is 390. The molecule has 0 heterocycles. The maximum absolute atomic E-state index is 11.9. The van der Waals surface area contributed by atoms with E-state index in [0.29, 0.717) is 25.9 Å². The number of carbonyl (C=O) groups excluding carboxylic acids is 1. The molecule has 1 rings (SSSR count). The number of para-hydroxylation sites is 1. The minimum atomic E-state index is -0.0493. The summed E-state index contributed by atoms with van der Waals surface area (Å²) in [6, 6.07) is 9.93. The van der Waals surface area contributed by atoms with E-state index in [9.17, 15) is 4.79 Å². The molecule has 3 nitrogen and oxygen atoms in total. The normalized spacial score (nSPS) is 9.95. The molecule has 1 amide bonds. The molecule has 0 aliphatic carbocycles. The van der Waals surface area contributed by atoms with Crippen LogP contribution in [0, 0.1) is 5.92 Å². The maximum atomic E-state index is 11.9. The summed E-state index contributed by atoms with van der Waals surface area (Å²) in [4.78, 5) is 11.9. The van der Waals surface area contributed by atoms with E-state index in [1.807, 2.05) is 30.3 Å². The molecule has 1 aromatic rings. The number of hydrogen-bond acceptors (Lipinski definition) is 2. The van der Waals surface area contributed by atoms with Gasteiger partial charge in [-0.15, -0.1) is 13.2 Å². The molecular weight excluding hydrogens is 236 g/mol. The van der Waals surface area contributed by atoms with E-state index < -0.39 is 0 Å². The van der Waals surface area contributed by atoms with Gasteiger partial charge in [-0.05, 0) is 25.0 Å². The van der Waals surface area contributed by atoms with E-state index in [1.165, 1.54) is 0 Å². The Hall–Kier alpha value is -2.03. The topological polar surface area (TPSA) is 41.1 Å². The van der Waals surface area contributed by atoms with Crippen LogP contribution in [-0.2, 0) is 4.79 Å². The van der Waals surface area contributed by atoms with E-state index in [2.05, 4.69) is 23.8 Å². The Morgan fingerprint density at radius 3 is 2.32 bits per heavy atom. The summed E-state index contributed by atoms with van der Waals surface area (Å²) in [7, 11) is 0. The average molecular weight is 258 g/mol. The van der Waals surface area contributed by atoms with Gasteiger partial charge in [-0.3, -0.25) is 4.79 Å². The summed E-state index contributed by atoms with van der Waals surface area (Å²) < 4.78 is 0. The molecule has 0 spiro atoms. The van der Waals surface area contributed by atoms with Crippen LogP contribution in [0.5, 0.6) is 0 Å². The fraction of sp³-hybridized carbons (Fsp3) is 0.312. The van der Waals surface area contributed by atoms with Crippen molar-refractivity contribution in [1.82, 2.24) is 5.32 Å². The van der Waals surface area contributed by atoms with Crippen molar-refractivity contribution in [3.63, 3.8) is 0 Å². The van der Waals surface area contributed by atoms with E-state index in [-0.39, 0.29) is 11.8 Å². The van der Waals surface area contributed by atoms with Gasteiger partial charge in [0, 0.05) is 24.7 Å². The number of carbonyl (C=O) groups is 1. The minimum absolute atomic E-state index is 0.0493. The third-order valence-electron chi connectivity index (χ3n) is 2.80. The summed E-state index contributed by atoms with van der Waals surface area (Å²) >= 11 is 0. The second-order valence-corrected chi connectivity index (χ2v) is 4.33. The number of amides is 1. The average Bonchev–Trinajstić information content (AvgIpc) is 2.44. The molecule has 0 bridgehead atoms. The molecule has 1 aromatic carbocycles. The predicted octanol–water partition coefficient (Wildman–Crippen LogP) is 2.98. The lowest BCUT2D eigenvalue weighted by Crippen LogP contribution is -2.33. The highest BCUT2D eigenvalue weighted by atomic mass is 16.1. The van der Waals surface area contributed by atoms with Crippen LogP contribution < -0.4 is 10.6 Å². The van der Waals surface area contributed by atoms with Crippen molar-refractivity contribution in [2.75, 3.05) is 18.4 Å². The number of rotatable bonds is 9. The number of anilines is 1. The predicted molar refractivity (Wildman–Crippen MR) is 81.1 cm³/mol. The molecule has 0 saturated carbocycles. The fourth-order valence-electron chi connectivity index (χ4n) is 1.81. The Balaban J connectivity index is 2.25. The van der Waals surface area contributed by atoms with E-state index >= 15 is 0 Å². The van der Waals surface area contributed by atoms with Gasteiger partial charge in [0.1, 0.15) is 0 Å². The Morgan fingerprint density at radius 2 is 1.74 bits per heavy atom. The molecule has 0 fully saturated rings. The summed E-state index contributed by atoms with van der Waals surface area (Å²) in [5.74, 6) is 0.0152. The molecule has 3 heteroatoms. The third-order valence-corrected chi connectivity index (χ3v) is 2.80. The number of hydrogen-bond donors (Lipinski definition) is 2. The first-order chi connectivity index (χ1) is 9.27. The highest BCUT2D eigenvalue weighted by Gasteiger charge is 2.14. The SMILES string of the molecule is C=CCC(CC=C)C(=O)NCCNc1ccccc1. The van der Waals surface area contributed by atoms with Crippen molar-refractivity contribution in [3.05, 3.63) is 55.6 Å². The molecule has 2 N–H and O–H groups in total. The number of allylic oxidation sites excluding steroid dienone is 2. The first kappa shape index (κ1) is 15.0. The van der Waals surface area contributed by atoms with Crippen molar-refractivity contribution in [3.8, 4) is 0 Å². The van der Waals surface area contributed by atoms with Gasteiger partial charge in [-0.2, -0.15) is 0 Å². The lowest BCUT2D eigenvalue weighted by Gasteiger charge is -2.13. The van der Waals surface area contributed by atoms with Gasteiger partial charge in [0.2, 0.25) is 5.91 Å². The molecule has 19 heavy (non-hydrogen) atoms. The van der Waals surface area contributed by atoms with Crippen molar-refractivity contribution < 1.29 is 4.79 Å². The fourth-order valence-corrected chi connectivity index (χ4v) is 1.81. The number of nitrogens with one attached hydrogen (secondary N) is 2. The van der Waals surface area contributed by atoms with Crippen LogP contribution in [0.3, 0.4) is 0 Å². The maximum Gasteiger partial charge on any atom is 0.223 e. The van der Waals surface area contributed by atoms with Crippen LogP contribution in [-0.4, -0.2) is 19.0 Å². The van der Waals surface area contributed by atoms with E-state index in [1.54, 1.807) is 12.2 Å². The highest BCUT2D eigenvalue weighted by Crippen LogP contribution is 2.09. The Labute approximate surface area is 115 Å². The van der Waals surface area contributed by atoms with Gasteiger partial charge in [-0.1, -0.05) is 30.4 Å². The van der Waals surface area contributed by atoms with Gasteiger partial charge in [-0.25, -0.2) is 0 Å². The van der Waals surface area contributed by atoms with Crippen LogP contribution in [0.4, 0.5) is 5.69 Å². The van der Waals surface area contributed by atoms with Gasteiger partial charge >= 0.3 is 0 Å². The van der Waals surface area contributed by atoms with Crippen molar-refractivity contribution in [2.45, 2.75) is 12.8 Å². The van der Waals surface area contributed by atoms with E-state index in [4.69, 9.17) is 0 Å².